The van der Waals surface area contributed by atoms with E-state index in [-0.39, 0.29) is 10.7 Å². The molecule has 1 aromatic carbocycles. The summed E-state index contributed by atoms with van der Waals surface area (Å²) in [6, 6.07) is 2.41. The second kappa shape index (κ2) is 8.99. The number of nitrogens with one attached hydrogen (secondary N) is 3. The third-order valence-electron chi connectivity index (χ3n) is 4.56. The Morgan fingerprint density at radius 2 is 2.04 bits per heavy atom. The summed E-state index contributed by atoms with van der Waals surface area (Å²) >= 11 is 4.18. The minimum atomic E-state index is -4.09. The van der Waals surface area contributed by atoms with Crippen LogP contribution in [0, 0.1) is 5.82 Å². The Labute approximate surface area is 175 Å². The molecule has 1 fully saturated rings. The summed E-state index contributed by atoms with van der Waals surface area (Å²) in [5.41, 5.74) is 6.39. The van der Waals surface area contributed by atoms with Gasteiger partial charge in [-0.1, -0.05) is 0 Å². The lowest BCUT2D eigenvalue weighted by atomic mass is 10.2. The smallest absolute Gasteiger partial charge is 0.266 e. The van der Waals surface area contributed by atoms with Crippen molar-refractivity contribution in [1.29, 1.82) is 0 Å². The first-order valence-corrected chi connectivity index (χ1v) is 11.9. The van der Waals surface area contributed by atoms with Gasteiger partial charge < -0.3 is 16.4 Å². The maximum absolute atomic E-state index is 14.4. The molecule has 8 nitrogen and oxygen atoms in total. The summed E-state index contributed by atoms with van der Waals surface area (Å²) in [5.74, 6) is -0.844. The summed E-state index contributed by atoms with van der Waals surface area (Å²) in [6.07, 6.45) is 5.35. The highest BCUT2D eigenvalue weighted by atomic mass is 79.9. The molecule has 12 heteroatoms. The number of nitrogens with zero attached hydrogens (tertiary/aromatic N) is 2. The number of halogens is 2. The Bertz CT molecular complexity index is 906. The van der Waals surface area contributed by atoms with E-state index in [1.54, 1.807) is 0 Å². The molecular formula is C16H22BrFN6O2S2. The van der Waals surface area contributed by atoms with E-state index < -0.39 is 20.7 Å². The van der Waals surface area contributed by atoms with Gasteiger partial charge in [0.05, 0.1) is 5.69 Å². The molecule has 0 radical (unpaired) electrons. The number of unbranched alkanes of at least 4 members (excludes halogenated alkanes) is 1. The van der Waals surface area contributed by atoms with Gasteiger partial charge in [0.1, 0.15) is 17.0 Å². The van der Waals surface area contributed by atoms with Crippen molar-refractivity contribution < 1.29 is 12.8 Å². The first-order valence-electron chi connectivity index (χ1n) is 8.83. The Balaban J connectivity index is 1.53. The standard InChI is InChI=1S/C16H22BrFN6O2S2/c17-11-7-14(28(25,26)24-15-21-10-23-27-15)12(18)8-13(11)20-5-1-2-6-22-16(9-19)3-4-16/h7-8,10,20,22H,1-6,9,19H2,(H,21,23,24). The van der Waals surface area contributed by atoms with Gasteiger partial charge in [-0.3, -0.25) is 4.72 Å². The van der Waals surface area contributed by atoms with Gasteiger partial charge >= 0.3 is 0 Å². The monoisotopic (exact) mass is 492 g/mol. The molecule has 154 valence electrons. The van der Waals surface area contributed by atoms with E-state index >= 15 is 0 Å². The summed E-state index contributed by atoms with van der Waals surface area (Å²) in [6.45, 7) is 2.20. The number of aromatic nitrogens is 2. The van der Waals surface area contributed by atoms with Crippen LogP contribution in [0.5, 0.6) is 0 Å². The fraction of sp³-hybridized carbons (Fsp3) is 0.500. The van der Waals surface area contributed by atoms with Crippen molar-refractivity contribution >= 4 is 48.3 Å². The Hall–Kier alpha value is -1.34. The van der Waals surface area contributed by atoms with Crippen molar-refractivity contribution in [3.63, 3.8) is 0 Å². The molecule has 28 heavy (non-hydrogen) atoms. The van der Waals surface area contributed by atoms with Gasteiger partial charge in [0.25, 0.3) is 10.0 Å². The van der Waals surface area contributed by atoms with Crippen molar-refractivity contribution in [2.24, 2.45) is 5.73 Å². The number of rotatable bonds is 11. The summed E-state index contributed by atoms with van der Waals surface area (Å²) in [4.78, 5) is 3.29. The molecule has 0 spiro atoms. The fourth-order valence-corrected chi connectivity index (χ4v) is 5.07. The van der Waals surface area contributed by atoms with E-state index in [1.807, 2.05) is 0 Å². The minimum absolute atomic E-state index is 0.0777. The predicted octanol–water partition coefficient (Wildman–Crippen LogP) is 2.51. The van der Waals surface area contributed by atoms with E-state index in [0.29, 0.717) is 23.2 Å². The van der Waals surface area contributed by atoms with Crippen LogP contribution in [0.4, 0.5) is 15.2 Å². The summed E-state index contributed by atoms with van der Waals surface area (Å²) < 4.78 is 45.5. The summed E-state index contributed by atoms with van der Waals surface area (Å²) in [5, 5.41) is 6.68. The van der Waals surface area contributed by atoms with Crippen LogP contribution in [0.25, 0.3) is 0 Å². The third kappa shape index (κ3) is 5.38. The second-order valence-electron chi connectivity index (χ2n) is 6.66. The lowest BCUT2D eigenvalue weighted by molar-refractivity contribution is 0.494. The maximum atomic E-state index is 14.4. The van der Waals surface area contributed by atoms with Gasteiger partial charge in [0.15, 0.2) is 0 Å². The van der Waals surface area contributed by atoms with E-state index in [4.69, 9.17) is 5.73 Å². The van der Waals surface area contributed by atoms with Gasteiger partial charge in [0, 0.05) is 34.6 Å². The number of anilines is 2. The molecule has 0 unspecified atom stereocenters. The van der Waals surface area contributed by atoms with Crippen LogP contribution in [0.3, 0.4) is 0 Å². The first kappa shape index (κ1) is 21.4. The van der Waals surface area contributed by atoms with Crippen LogP contribution >= 0.6 is 27.5 Å². The molecule has 0 aliphatic heterocycles. The molecule has 1 heterocycles. The van der Waals surface area contributed by atoms with Crippen molar-refractivity contribution in [1.82, 2.24) is 14.7 Å². The molecule has 1 aromatic heterocycles. The SMILES string of the molecule is NCC1(NCCCCNc2cc(F)c(S(=O)(=O)Nc3ncns3)cc2Br)CC1. The molecule has 2 aromatic rings. The average molecular weight is 493 g/mol. The molecule has 0 atom stereocenters. The lowest BCUT2D eigenvalue weighted by Gasteiger charge is -2.15. The molecule has 5 N–H and O–H groups in total. The van der Waals surface area contributed by atoms with Crippen molar-refractivity contribution in [3.8, 4) is 0 Å². The van der Waals surface area contributed by atoms with Crippen LogP contribution < -0.4 is 21.1 Å². The zero-order valence-electron chi connectivity index (χ0n) is 15.0. The Kier molecular flexibility index (Phi) is 6.86. The quantitative estimate of drug-likeness (QED) is 0.355. The zero-order valence-corrected chi connectivity index (χ0v) is 18.3. The van der Waals surface area contributed by atoms with E-state index in [0.717, 1.165) is 43.8 Å². The fourth-order valence-electron chi connectivity index (χ4n) is 2.69. The predicted molar refractivity (Wildman–Crippen MR) is 112 cm³/mol. The Morgan fingerprint density at radius 1 is 1.29 bits per heavy atom. The first-order chi connectivity index (χ1) is 13.4. The van der Waals surface area contributed by atoms with Gasteiger partial charge in [-0.2, -0.15) is 4.37 Å². The van der Waals surface area contributed by atoms with E-state index in [1.165, 1.54) is 18.5 Å². The van der Waals surface area contributed by atoms with Crippen molar-refractivity contribution in [2.45, 2.75) is 36.1 Å². The number of sulfonamides is 1. The largest absolute Gasteiger partial charge is 0.384 e. The molecule has 0 amide bonds. The second-order valence-corrected chi connectivity index (χ2v) is 9.94. The summed E-state index contributed by atoms with van der Waals surface area (Å²) in [7, 11) is -4.09. The van der Waals surface area contributed by atoms with Gasteiger partial charge in [-0.05, 0) is 60.3 Å². The van der Waals surface area contributed by atoms with Crippen LogP contribution in [0.2, 0.25) is 0 Å². The molecule has 1 saturated carbocycles. The van der Waals surface area contributed by atoms with Crippen LogP contribution in [0.15, 0.2) is 27.8 Å². The van der Waals surface area contributed by atoms with Gasteiger partial charge in [-0.15, -0.1) is 0 Å². The molecule has 1 aliphatic carbocycles. The molecular weight excluding hydrogens is 471 g/mol. The topological polar surface area (TPSA) is 122 Å². The highest BCUT2D eigenvalue weighted by Crippen LogP contribution is 2.33. The highest BCUT2D eigenvalue weighted by molar-refractivity contribution is 9.10. The van der Waals surface area contributed by atoms with Crippen molar-refractivity contribution in [2.75, 3.05) is 29.7 Å². The number of hydrogen-bond donors (Lipinski definition) is 4. The minimum Gasteiger partial charge on any atom is -0.384 e. The highest BCUT2D eigenvalue weighted by Gasteiger charge is 2.40. The molecule has 3 rings (SSSR count). The molecule has 1 aliphatic rings. The number of hydrogen-bond acceptors (Lipinski definition) is 8. The molecule has 0 bridgehead atoms. The lowest BCUT2D eigenvalue weighted by Crippen LogP contribution is -2.38. The normalized spacial score (nSPS) is 15.4. The third-order valence-corrected chi connectivity index (χ3v) is 7.28. The Morgan fingerprint density at radius 3 is 2.68 bits per heavy atom. The van der Waals surface area contributed by atoms with E-state index in [9.17, 15) is 12.8 Å². The van der Waals surface area contributed by atoms with Crippen LogP contribution in [-0.4, -0.2) is 42.9 Å². The average Bonchev–Trinajstić information content (AvgIpc) is 3.26. The van der Waals surface area contributed by atoms with E-state index in [2.05, 4.69) is 40.6 Å². The molecule has 0 saturated heterocycles. The van der Waals surface area contributed by atoms with Crippen LogP contribution in [-0.2, 0) is 10.0 Å². The number of nitrogens with two attached hydrogens (primary N) is 1. The maximum Gasteiger partial charge on any atom is 0.266 e. The van der Waals surface area contributed by atoms with Crippen molar-refractivity contribution in [3.05, 3.63) is 28.7 Å². The zero-order chi connectivity index (χ0) is 20.2. The van der Waals surface area contributed by atoms with Crippen LogP contribution in [0.1, 0.15) is 25.7 Å². The number of benzene rings is 1. The van der Waals surface area contributed by atoms with Gasteiger partial charge in [-0.25, -0.2) is 17.8 Å². The van der Waals surface area contributed by atoms with Gasteiger partial charge in [0.2, 0.25) is 5.13 Å².